The van der Waals surface area contributed by atoms with Crippen molar-refractivity contribution >= 4 is 0 Å². The second-order valence-corrected chi connectivity index (χ2v) is 3.57. The Balaban J connectivity index is 2.67. The first-order chi connectivity index (χ1) is 7.65. The molecule has 5 N–H and O–H groups in total. The zero-order chi connectivity index (χ0) is 12.1. The molecule has 1 heterocycles. The van der Waals surface area contributed by atoms with Gasteiger partial charge in [-0.2, -0.15) is 0 Å². The molecular formula is C9H19NO6. The lowest BCUT2D eigenvalue weighted by atomic mass is 9.99. The largest absolute Gasteiger partial charge is 0.394 e. The molecule has 96 valence electrons. The van der Waals surface area contributed by atoms with Crippen molar-refractivity contribution in [2.75, 3.05) is 26.9 Å². The van der Waals surface area contributed by atoms with Gasteiger partial charge in [-0.05, 0) is 0 Å². The maximum atomic E-state index is 9.78. The van der Waals surface area contributed by atoms with Crippen molar-refractivity contribution in [1.29, 1.82) is 0 Å². The molecule has 1 aliphatic rings. The van der Waals surface area contributed by atoms with E-state index < -0.39 is 30.7 Å². The molecule has 7 heteroatoms. The van der Waals surface area contributed by atoms with E-state index in [4.69, 9.17) is 25.1 Å². The van der Waals surface area contributed by atoms with Gasteiger partial charge in [0.15, 0.2) is 6.29 Å². The maximum Gasteiger partial charge on any atom is 0.186 e. The van der Waals surface area contributed by atoms with Crippen molar-refractivity contribution in [3.8, 4) is 0 Å². The van der Waals surface area contributed by atoms with Crippen LogP contribution in [0.15, 0.2) is 0 Å². The molecular weight excluding hydrogens is 218 g/mol. The van der Waals surface area contributed by atoms with Crippen molar-refractivity contribution in [2.45, 2.75) is 30.7 Å². The van der Waals surface area contributed by atoms with Gasteiger partial charge >= 0.3 is 0 Å². The highest BCUT2D eigenvalue weighted by Gasteiger charge is 2.45. The summed E-state index contributed by atoms with van der Waals surface area (Å²) in [6.07, 6.45) is -4.87. The number of hydrogen-bond acceptors (Lipinski definition) is 7. The topological polar surface area (TPSA) is 114 Å². The summed E-state index contributed by atoms with van der Waals surface area (Å²) in [5.74, 6) is 0. The van der Waals surface area contributed by atoms with Gasteiger partial charge in [-0.25, -0.2) is 0 Å². The van der Waals surface area contributed by atoms with Crippen molar-refractivity contribution in [3.05, 3.63) is 0 Å². The summed E-state index contributed by atoms with van der Waals surface area (Å²) >= 11 is 0. The second kappa shape index (κ2) is 6.45. The molecule has 1 fully saturated rings. The van der Waals surface area contributed by atoms with Crippen molar-refractivity contribution in [2.24, 2.45) is 5.73 Å². The van der Waals surface area contributed by atoms with E-state index in [2.05, 4.69) is 0 Å². The average Bonchev–Trinajstić information content (AvgIpc) is 2.29. The van der Waals surface area contributed by atoms with Crippen LogP contribution in [0.25, 0.3) is 0 Å². The van der Waals surface area contributed by atoms with Crippen LogP contribution in [0.5, 0.6) is 0 Å². The zero-order valence-electron chi connectivity index (χ0n) is 9.15. The molecule has 1 saturated heterocycles. The minimum atomic E-state index is -1.12. The molecule has 1 rings (SSSR count). The molecule has 16 heavy (non-hydrogen) atoms. The molecule has 0 aromatic carbocycles. The number of rotatable bonds is 5. The van der Waals surface area contributed by atoms with E-state index in [0.29, 0.717) is 0 Å². The summed E-state index contributed by atoms with van der Waals surface area (Å²) < 4.78 is 15.2. The third-order valence-electron chi connectivity index (χ3n) is 2.48. The first-order valence-corrected chi connectivity index (χ1v) is 5.12. The summed E-state index contributed by atoms with van der Waals surface area (Å²) in [4.78, 5) is 0. The third-order valence-corrected chi connectivity index (χ3v) is 2.48. The minimum Gasteiger partial charge on any atom is -0.394 e. The summed E-state index contributed by atoms with van der Waals surface area (Å²) in [5.41, 5.74) is 5.27. The van der Waals surface area contributed by atoms with E-state index in [1.54, 1.807) is 0 Å². The summed E-state index contributed by atoms with van der Waals surface area (Å²) in [6.45, 7) is 0.0990. The lowest BCUT2D eigenvalue weighted by molar-refractivity contribution is -0.301. The third kappa shape index (κ3) is 2.89. The molecule has 7 nitrogen and oxygen atoms in total. The van der Waals surface area contributed by atoms with Gasteiger partial charge in [0.25, 0.3) is 0 Å². The quantitative estimate of drug-likeness (QED) is 0.415. The molecule has 0 bridgehead atoms. The van der Waals surface area contributed by atoms with Crippen LogP contribution in [0.4, 0.5) is 0 Å². The number of aliphatic hydroxyl groups excluding tert-OH is 3. The van der Waals surface area contributed by atoms with Gasteiger partial charge in [-0.15, -0.1) is 0 Å². The highest BCUT2D eigenvalue weighted by Crippen LogP contribution is 2.23. The Bertz CT molecular complexity index is 188. The van der Waals surface area contributed by atoms with Crippen LogP contribution < -0.4 is 5.73 Å². The molecule has 0 radical (unpaired) electrons. The van der Waals surface area contributed by atoms with Crippen LogP contribution in [-0.2, 0) is 14.2 Å². The van der Waals surface area contributed by atoms with Gasteiger partial charge in [-0.3, -0.25) is 0 Å². The molecule has 0 spiro atoms. The van der Waals surface area contributed by atoms with Gasteiger partial charge < -0.3 is 35.3 Å². The van der Waals surface area contributed by atoms with Crippen molar-refractivity contribution in [1.82, 2.24) is 0 Å². The fourth-order valence-corrected chi connectivity index (χ4v) is 1.65. The molecule has 0 aromatic heterocycles. The summed E-state index contributed by atoms with van der Waals surface area (Å²) in [6, 6.07) is 0. The Morgan fingerprint density at radius 3 is 2.50 bits per heavy atom. The zero-order valence-corrected chi connectivity index (χ0v) is 9.15. The van der Waals surface area contributed by atoms with E-state index in [1.165, 1.54) is 7.11 Å². The Morgan fingerprint density at radius 2 is 2.00 bits per heavy atom. The van der Waals surface area contributed by atoms with Gasteiger partial charge in [0.05, 0.1) is 13.2 Å². The van der Waals surface area contributed by atoms with Gasteiger partial charge in [0.2, 0.25) is 0 Å². The van der Waals surface area contributed by atoms with E-state index in [9.17, 15) is 10.2 Å². The minimum absolute atomic E-state index is 0.202. The summed E-state index contributed by atoms with van der Waals surface area (Å²) in [5, 5.41) is 28.6. The van der Waals surface area contributed by atoms with Crippen molar-refractivity contribution in [3.63, 3.8) is 0 Å². The number of methoxy groups -OCH3 is 1. The number of nitrogens with two attached hydrogens (primary N) is 1. The monoisotopic (exact) mass is 237 g/mol. The van der Waals surface area contributed by atoms with Crippen LogP contribution in [-0.4, -0.2) is 72.9 Å². The van der Waals surface area contributed by atoms with E-state index in [-0.39, 0.29) is 19.8 Å². The fraction of sp³-hybridized carbons (Fsp3) is 1.00. The second-order valence-electron chi connectivity index (χ2n) is 3.57. The molecule has 0 amide bonds. The standard InChI is InChI=1S/C9H19NO6/c1-14-9-7(13)8(15-3-2-10)6(12)5(4-11)16-9/h5-9,11-13H,2-4,10H2,1H3/t5-,6+,7-,8+,9?/m1/s1. The maximum absolute atomic E-state index is 9.78. The normalized spacial score (nSPS) is 39.9. The van der Waals surface area contributed by atoms with Crippen molar-refractivity contribution < 1.29 is 29.5 Å². The molecule has 0 aromatic rings. The first-order valence-electron chi connectivity index (χ1n) is 5.12. The van der Waals surface area contributed by atoms with Crippen LogP contribution in [0.3, 0.4) is 0 Å². The lowest BCUT2D eigenvalue weighted by Crippen LogP contribution is -2.60. The predicted molar refractivity (Wildman–Crippen MR) is 53.6 cm³/mol. The molecule has 1 aliphatic heterocycles. The van der Waals surface area contributed by atoms with Crippen LogP contribution in [0, 0.1) is 0 Å². The van der Waals surface area contributed by atoms with Crippen LogP contribution in [0.2, 0.25) is 0 Å². The fourth-order valence-electron chi connectivity index (χ4n) is 1.65. The Morgan fingerprint density at radius 1 is 1.31 bits per heavy atom. The highest BCUT2D eigenvalue weighted by molar-refractivity contribution is 4.90. The summed E-state index contributed by atoms with van der Waals surface area (Å²) in [7, 11) is 1.36. The Labute approximate surface area is 93.7 Å². The highest BCUT2D eigenvalue weighted by atomic mass is 16.7. The Hall–Kier alpha value is -0.280. The number of ether oxygens (including phenoxy) is 3. The average molecular weight is 237 g/mol. The number of hydrogen-bond donors (Lipinski definition) is 4. The lowest BCUT2D eigenvalue weighted by Gasteiger charge is -2.41. The van der Waals surface area contributed by atoms with Gasteiger partial charge in [0, 0.05) is 13.7 Å². The molecule has 1 unspecified atom stereocenters. The van der Waals surface area contributed by atoms with Gasteiger partial charge in [-0.1, -0.05) is 0 Å². The molecule has 0 saturated carbocycles. The molecule has 5 atom stereocenters. The van der Waals surface area contributed by atoms with E-state index in [1.807, 2.05) is 0 Å². The Kier molecular flexibility index (Phi) is 5.56. The van der Waals surface area contributed by atoms with E-state index in [0.717, 1.165) is 0 Å². The van der Waals surface area contributed by atoms with Crippen LogP contribution in [0.1, 0.15) is 0 Å². The molecule has 0 aliphatic carbocycles. The first kappa shape index (κ1) is 13.8. The van der Waals surface area contributed by atoms with Gasteiger partial charge in [0.1, 0.15) is 24.4 Å². The number of aliphatic hydroxyl groups is 3. The van der Waals surface area contributed by atoms with E-state index >= 15 is 0 Å². The predicted octanol–water partition coefficient (Wildman–Crippen LogP) is -2.58. The SMILES string of the molecule is COC1O[C@H](CO)[C@H](O)[C@H](OCCN)[C@H]1O. The smallest absolute Gasteiger partial charge is 0.186 e. The van der Waals surface area contributed by atoms with Crippen LogP contribution >= 0.6 is 0 Å².